The van der Waals surface area contributed by atoms with E-state index in [0.717, 1.165) is 19.3 Å². The van der Waals surface area contributed by atoms with E-state index >= 15 is 0 Å². The van der Waals surface area contributed by atoms with Crippen molar-refractivity contribution in [3.63, 3.8) is 0 Å². The van der Waals surface area contributed by atoms with Gasteiger partial charge in [-0.3, -0.25) is 4.18 Å². The monoisotopic (exact) mass is 329 g/mol. The Labute approximate surface area is 154 Å². The van der Waals surface area contributed by atoms with Crippen LogP contribution in [-0.2, 0) is 14.3 Å². The summed E-state index contributed by atoms with van der Waals surface area (Å²) in [5.74, 6) is -0.189. The van der Waals surface area contributed by atoms with Gasteiger partial charge in [-0.1, -0.05) is 71.1 Å². The number of hydrogen-bond donors (Lipinski definition) is 0. The van der Waals surface area contributed by atoms with Crippen LogP contribution >= 0.6 is 0 Å². The smallest absolute Gasteiger partial charge is 0.677 e. The first-order valence-corrected chi connectivity index (χ1v) is 9.72. The first-order chi connectivity index (χ1) is 9.62. The zero-order chi connectivity index (χ0) is 15.1. The molecular formula is C15H32NNaO3S. The van der Waals surface area contributed by atoms with Crippen molar-refractivity contribution in [3.8, 4) is 0 Å². The van der Waals surface area contributed by atoms with Gasteiger partial charge in [0.15, 0.2) is 0 Å². The fraction of sp³-hybridized carbons (Fsp3) is 1.00. The molecule has 0 fully saturated rings. The van der Waals surface area contributed by atoms with Crippen molar-refractivity contribution in [3.05, 3.63) is 5.73 Å². The maximum atomic E-state index is 11.2. The SMILES string of the molecule is CCCCCCCCCCCCCOS(=O)(=O)CC[NH-].[Na+]. The summed E-state index contributed by atoms with van der Waals surface area (Å²) in [5, 5.41) is 0. The van der Waals surface area contributed by atoms with Crippen molar-refractivity contribution in [1.29, 1.82) is 0 Å². The van der Waals surface area contributed by atoms with E-state index in [4.69, 9.17) is 9.92 Å². The fourth-order valence-corrected chi connectivity index (χ4v) is 2.88. The summed E-state index contributed by atoms with van der Waals surface area (Å²) >= 11 is 0. The third kappa shape index (κ3) is 18.8. The van der Waals surface area contributed by atoms with E-state index in [1.165, 1.54) is 51.4 Å². The summed E-state index contributed by atoms with van der Waals surface area (Å²) in [6.07, 6.45) is 13.6. The second-order valence-electron chi connectivity index (χ2n) is 5.37. The third-order valence-corrected chi connectivity index (χ3v) is 4.59. The Bertz CT molecular complexity index is 297. The minimum atomic E-state index is -3.43. The summed E-state index contributed by atoms with van der Waals surface area (Å²) < 4.78 is 27.1. The minimum Gasteiger partial charge on any atom is -0.677 e. The molecule has 0 radical (unpaired) electrons. The molecule has 0 spiro atoms. The third-order valence-electron chi connectivity index (χ3n) is 3.36. The van der Waals surface area contributed by atoms with E-state index in [1.807, 2.05) is 0 Å². The van der Waals surface area contributed by atoms with Crippen LogP contribution < -0.4 is 29.6 Å². The van der Waals surface area contributed by atoms with E-state index in [2.05, 4.69) is 6.92 Å². The minimum absolute atomic E-state index is 0. The van der Waals surface area contributed by atoms with Gasteiger partial charge in [0.1, 0.15) is 0 Å². The molecule has 0 unspecified atom stereocenters. The molecule has 0 aromatic heterocycles. The molecule has 4 nitrogen and oxygen atoms in total. The van der Waals surface area contributed by atoms with Gasteiger partial charge in [-0.2, -0.15) is 8.42 Å². The summed E-state index contributed by atoms with van der Waals surface area (Å²) in [5.41, 5.74) is 6.86. The average Bonchev–Trinajstić information content (AvgIpc) is 2.40. The van der Waals surface area contributed by atoms with Crippen LogP contribution in [0.15, 0.2) is 0 Å². The number of rotatable bonds is 15. The van der Waals surface area contributed by atoms with Gasteiger partial charge in [-0.05, 0) is 6.42 Å². The maximum absolute atomic E-state index is 11.2. The summed E-state index contributed by atoms with van der Waals surface area (Å²) in [4.78, 5) is 0. The molecule has 0 saturated carbocycles. The van der Waals surface area contributed by atoms with Crippen LogP contribution in [0, 0.1) is 0 Å². The Balaban J connectivity index is 0. The van der Waals surface area contributed by atoms with Crippen LogP contribution in [0.2, 0.25) is 0 Å². The van der Waals surface area contributed by atoms with Crippen LogP contribution in [0.5, 0.6) is 0 Å². The maximum Gasteiger partial charge on any atom is 1.00 e. The molecule has 0 atom stereocenters. The summed E-state index contributed by atoms with van der Waals surface area (Å²) in [7, 11) is -3.43. The van der Waals surface area contributed by atoms with Crippen molar-refractivity contribution in [1.82, 2.24) is 0 Å². The second-order valence-corrected chi connectivity index (χ2v) is 7.13. The quantitative estimate of drug-likeness (QED) is 0.261. The number of unbranched alkanes of at least 4 members (excludes halogenated alkanes) is 10. The van der Waals surface area contributed by atoms with Gasteiger partial charge in [0.25, 0.3) is 10.1 Å². The molecule has 21 heavy (non-hydrogen) atoms. The Morgan fingerprint density at radius 2 is 1.24 bits per heavy atom. The van der Waals surface area contributed by atoms with Crippen LogP contribution in [0.1, 0.15) is 77.6 Å². The van der Waals surface area contributed by atoms with Crippen molar-refractivity contribution < 1.29 is 42.2 Å². The predicted molar refractivity (Wildman–Crippen MR) is 85.4 cm³/mol. The van der Waals surface area contributed by atoms with E-state index < -0.39 is 10.1 Å². The topological polar surface area (TPSA) is 67.2 Å². The molecule has 0 aliphatic heterocycles. The van der Waals surface area contributed by atoms with Gasteiger partial charge in [0.2, 0.25) is 0 Å². The summed E-state index contributed by atoms with van der Waals surface area (Å²) in [6.45, 7) is 2.39. The van der Waals surface area contributed by atoms with E-state index in [0.29, 0.717) is 0 Å². The van der Waals surface area contributed by atoms with Gasteiger partial charge in [-0.15, -0.1) is 6.54 Å². The van der Waals surface area contributed by atoms with Gasteiger partial charge < -0.3 is 5.73 Å². The van der Waals surface area contributed by atoms with Crippen LogP contribution in [0.25, 0.3) is 5.73 Å². The van der Waals surface area contributed by atoms with E-state index in [1.54, 1.807) is 0 Å². The molecule has 0 heterocycles. The Morgan fingerprint density at radius 1 is 0.810 bits per heavy atom. The van der Waals surface area contributed by atoms with Gasteiger partial charge in [0, 0.05) is 0 Å². The molecule has 0 amide bonds. The molecule has 6 heteroatoms. The van der Waals surface area contributed by atoms with Crippen LogP contribution in [-0.4, -0.2) is 27.3 Å². The Morgan fingerprint density at radius 3 is 1.67 bits per heavy atom. The first kappa shape index (κ1) is 24.1. The molecule has 0 aliphatic rings. The molecule has 1 N–H and O–H groups in total. The summed E-state index contributed by atoms with van der Waals surface area (Å²) in [6, 6.07) is 0. The van der Waals surface area contributed by atoms with Crippen molar-refractivity contribution in [2.75, 3.05) is 18.9 Å². The standard InChI is InChI=1S/C15H32NO3S.Na/c1-2-3-4-5-6-7-8-9-10-11-12-14-19-20(17,18)15-13-16;/h16H,2-15H2,1H3;/q-1;+1. The van der Waals surface area contributed by atoms with E-state index in [-0.39, 0.29) is 48.5 Å². The zero-order valence-electron chi connectivity index (χ0n) is 14.0. The van der Waals surface area contributed by atoms with Crippen molar-refractivity contribution in [2.45, 2.75) is 77.6 Å². The molecular weight excluding hydrogens is 297 g/mol. The number of hydrogen-bond acceptors (Lipinski definition) is 3. The van der Waals surface area contributed by atoms with Gasteiger partial charge >= 0.3 is 29.6 Å². The normalized spacial score (nSPS) is 11.3. The Hall–Kier alpha value is 0.870. The second kappa shape index (κ2) is 17.2. The largest absolute Gasteiger partial charge is 1.00 e. The van der Waals surface area contributed by atoms with Gasteiger partial charge in [-0.25, -0.2) is 0 Å². The predicted octanol–water partition coefficient (Wildman–Crippen LogP) is 1.70. The molecule has 0 aliphatic carbocycles. The number of nitrogens with one attached hydrogen (secondary N) is 1. The van der Waals surface area contributed by atoms with Crippen molar-refractivity contribution in [2.24, 2.45) is 0 Å². The molecule has 0 bridgehead atoms. The van der Waals surface area contributed by atoms with Crippen LogP contribution in [0.3, 0.4) is 0 Å². The zero-order valence-corrected chi connectivity index (χ0v) is 16.8. The first-order valence-electron chi connectivity index (χ1n) is 8.14. The molecule has 122 valence electrons. The fourth-order valence-electron chi connectivity index (χ4n) is 2.14. The van der Waals surface area contributed by atoms with Gasteiger partial charge in [0.05, 0.1) is 12.4 Å². The molecule has 0 aromatic rings. The molecule has 0 saturated heterocycles. The molecule has 0 rings (SSSR count). The average molecular weight is 329 g/mol. The van der Waals surface area contributed by atoms with Crippen LogP contribution in [0.4, 0.5) is 0 Å². The van der Waals surface area contributed by atoms with Crippen molar-refractivity contribution >= 4 is 10.1 Å². The molecule has 0 aromatic carbocycles. The van der Waals surface area contributed by atoms with E-state index in [9.17, 15) is 8.42 Å². The Kier molecular flexibility index (Phi) is 19.8.